The third kappa shape index (κ3) is 5.33. The molecule has 1 saturated heterocycles. The lowest BCUT2D eigenvalue weighted by atomic mass is 10.1. The SMILES string of the molecule is CCNC(=O)c1cn(C2CCCC2)cc(C(=O)N2CCN(Cc3cccc(OC)c3)CC2)c1=O. The Morgan fingerprint density at radius 1 is 1.06 bits per heavy atom. The Morgan fingerprint density at radius 2 is 1.76 bits per heavy atom. The van der Waals surface area contributed by atoms with Gasteiger partial charge in [-0.2, -0.15) is 0 Å². The molecule has 1 saturated carbocycles. The van der Waals surface area contributed by atoms with E-state index in [9.17, 15) is 14.4 Å². The van der Waals surface area contributed by atoms with Crippen LogP contribution in [0.4, 0.5) is 0 Å². The lowest BCUT2D eigenvalue weighted by molar-refractivity contribution is 0.0626. The van der Waals surface area contributed by atoms with Crippen LogP contribution in [0, 0.1) is 0 Å². The molecule has 1 aromatic heterocycles. The van der Waals surface area contributed by atoms with Gasteiger partial charge in [0.1, 0.15) is 16.9 Å². The van der Waals surface area contributed by atoms with Crippen molar-refractivity contribution in [3.05, 3.63) is 63.6 Å². The van der Waals surface area contributed by atoms with E-state index in [1.165, 1.54) is 0 Å². The Kier molecular flexibility index (Phi) is 7.67. The molecule has 1 N–H and O–H groups in total. The van der Waals surface area contributed by atoms with E-state index < -0.39 is 11.3 Å². The predicted octanol–water partition coefficient (Wildman–Crippen LogP) is 2.68. The molecule has 8 nitrogen and oxygen atoms in total. The van der Waals surface area contributed by atoms with Crippen molar-refractivity contribution in [3.8, 4) is 5.75 Å². The molecule has 4 rings (SSSR count). The number of nitrogens with zero attached hydrogens (tertiary/aromatic N) is 3. The third-order valence-electron chi connectivity index (χ3n) is 6.80. The highest BCUT2D eigenvalue weighted by molar-refractivity contribution is 5.99. The van der Waals surface area contributed by atoms with Crippen LogP contribution in [0.25, 0.3) is 0 Å². The summed E-state index contributed by atoms with van der Waals surface area (Å²) in [5.74, 6) is 0.123. The van der Waals surface area contributed by atoms with Gasteiger partial charge in [0.25, 0.3) is 11.8 Å². The summed E-state index contributed by atoms with van der Waals surface area (Å²) < 4.78 is 7.23. The fourth-order valence-corrected chi connectivity index (χ4v) is 4.89. The molecule has 0 bridgehead atoms. The molecular weight excluding hydrogens is 432 g/mol. The largest absolute Gasteiger partial charge is 0.497 e. The number of amides is 2. The highest BCUT2D eigenvalue weighted by Gasteiger charge is 2.28. The molecule has 2 aromatic rings. The number of aromatic nitrogens is 1. The van der Waals surface area contributed by atoms with Crippen LogP contribution in [0.3, 0.4) is 0 Å². The molecule has 1 aromatic carbocycles. The molecule has 2 fully saturated rings. The van der Waals surface area contributed by atoms with E-state index in [1.807, 2.05) is 29.7 Å². The van der Waals surface area contributed by atoms with Crippen LogP contribution in [0.5, 0.6) is 5.75 Å². The number of methoxy groups -OCH3 is 1. The van der Waals surface area contributed by atoms with Crippen molar-refractivity contribution in [2.75, 3.05) is 39.8 Å². The van der Waals surface area contributed by atoms with Crippen LogP contribution >= 0.6 is 0 Å². The van der Waals surface area contributed by atoms with Crippen molar-refractivity contribution in [3.63, 3.8) is 0 Å². The monoisotopic (exact) mass is 466 g/mol. The number of ether oxygens (including phenoxy) is 1. The van der Waals surface area contributed by atoms with Crippen LogP contribution in [0.2, 0.25) is 0 Å². The molecule has 182 valence electrons. The molecule has 0 atom stereocenters. The summed E-state index contributed by atoms with van der Waals surface area (Å²) in [6.07, 6.45) is 7.53. The quantitative estimate of drug-likeness (QED) is 0.678. The molecule has 0 unspecified atom stereocenters. The maximum absolute atomic E-state index is 13.4. The van der Waals surface area contributed by atoms with Gasteiger partial charge in [0, 0.05) is 57.7 Å². The summed E-state index contributed by atoms with van der Waals surface area (Å²) >= 11 is 0. The second-order valence-corrected chi connectivity index (χ2v) is 9.08. The van der Waals surface area contributed by atoms with Crippen LogP contribution in [-0.4, -0.2) is 66.0 Å². The van der Waals surface area contributed by atoms with Gasteiger partial charge in [-0.1, -0.05) is 25.0 Å². The zero-order valence-corrected chi connectivity index (χ0v) is 20.1. The first-order valence-electron chi connectivity index (χ1n) is 12.2. The minimum absolute atomic E-state index is 0.0521. The normalized spacial score (nSPS) is 17.1. The summed E-state index contributed by atoms with van der Waals surface area (Å²) in [4.78, 5) is 43.2. The van der Waals surface area contributed by atoms with Gasteiger partial charge in [-0.05, 0) is 37.5 Å². The summed E-state index contributed by atoms with van der Waals surface area (Å²) in [7, 11) is 1.66. The summed E-state index contributed by atoms with van der Waals surface area (Å²) in [5.41, 5.74) is 0.824. The molecule has 2 aliphatic rings. The standard InChI is InChI=1S/C26H34N4O4/c1-3-27-25(32)22-17-30(20-8-4-5-9-20)18-23(24(22)31)26(33)29-13-11-28(12-14-29)16-19-7-6-10-21(15-19)34-2/h6-7,10,15,17-18,20H,3-5,8-9,11-14,16H2,1-2H3,(H,27,32). The molecular formula is C26H34N4O4. The van der Waals surface area contributed by atoms with Crippen molar-refractivity contribution in [1.82, 2.24) is 19.7 Å². The number of hydrogen-bond acceptors (Lipinski definition) is 5. The van der Waals surface area contributed by atoms with E-state index in [2.05, 4.69) is 16.3 Å². The highest BCUT2D eigenvalue weighted by atomic mass is 16.5. The Morgan fingerprint density at radius 3 is 2.44 bits per heavy atom. The van der Waals surface area contributed by atoms with E-state index in [4.69, 9.17) is 4.74 Å². The van der Waals surface area contributed by atoms with Crippen molar-refractivity contribution < 1.29 is 14.3 Å². The number of piperazine rings is 1. The topological polar surface area (TPSA) is 83.9 Å². The van der Waals surface area contributed by atoms with E-state index >= 15 is 0 Å². The minimum atomic E-state index is -0.482. The van der Waals surface area contributed by atoms with Crippen LogP contribution in [-0.2, 0) is 6.54 Å². The summed E-state index contributed by atoms with van der Waals surface area (Å²) in [5, 5.41) is 2.71. The first-order chi connectivity index (χ1) is 16.5. The van der Waals surface area contributed by atoms with Gasteiger partial charge in [0.15, 0.2) is 0 Å². The number of carbonyl (C=O) groups is 2. The van der Waals surface area contributed by atoms with Crippen LogP contribution < -0.4 is 15.5 Å². The number of pyridine rings is 1. The van der Waals surface area contributed by atoms with Crippen LogP contribution in [0.15, 0.2) is 41.5 Å². The van der Waals surface area contributed by atoms with E-state index in [0.29, 0.717) is 19.6 Å². The van der Waals surface area contributed by atoms with Gasteiger partial charge in [-0.15, -0.1) is 0 Å². The highest BCUT2D eigenvalue weighted by Crippen LogP contribution is 2.29. The van der Waals surface area contributed by atoms with E-state index in [0.717, 1.165) is 56.6 Å². The third-order valence-corrected chi connectivity index (χ3v) is 6.80. The fraction of sp³-hybridized carbons (Fsp3) is 0.500. The maximum atomic E-state index is 13.4. The Bertz CT molecular complexity index is 1080. The van der Waals surface area contributed by atoms with Crippen molar-refractivity contribution in [2.45, 2.75) is 45.2 Å². The number of hydrogen-bond donors (Lipinski definition) is 1. The van der Waals surface area contributed by atoms with Crippen molar-refractivity contribution >= 4 is 11.8 Å². The molecule has 0 radical (unpaired) electrons. The second kappa shape index (κ2) is 10.9. The Hall–Kier alpha value is -3.13. The average molecular weight is 467 g/mol. The van der Waals surface area contributed by atoms with Gasteiger partial charge in [0.2, 0.25) is 5.43 Å². The molecule has 2 amide bonds. The summed E-state index contributed by atoms with van der Waals surface area (Å²) in [6.45, 7) is 5.53. The average Bonchev–Trinajstić information content (AvgIpc) is 3.39. The smallest absolute Gasteiger partial charge is 0.259 e. The fourth-order valence-electron chi connectivity index (χ4n) is 4.89. The molecule has 0 spiro atoms. The van der Waals surface area contributed by atoms with Gasteiger partial charge < -0.3 is 19.5 Å². The molecule has 34 heavy (non-hydrogen) atoms. The van der Waals surface area contributed by atoms with Crippen LogP contribution in [0.1, 0.15) is 64.9 Å². The van der Waals surface area contributed by atoms with Gasteiger partial charge >= 0.3 is 0 Å². The number of carbonyl (C=O) groups excluding carboxylic acids is 2. The van der Waals surface area contributed by atoms with E-state index in [1.54, 1.807) is 24.4 Å². The zero-order valence-electron chi connectivity index (χ0n) is 20.1. The molecule has 2 heterocycles. The number of benzene rings is 1. The summed E-state index contributed by atoms with van der Waals surface area (Å²) in [6, 6.07) is 8.21. The maximum Gasteiger partial charge on any atom is 0.259 e. The van der Waals surface area contributed by atoms with Gasteiger partial charge in [-0.3, -0.25) is 19.3 Å². The van der Waals surface area contributed by atoms with Gasteiger partial charge in [0.05, 0.1) is 7.11 Å². The molecule has 1 aliphatic heterocycles. The Labute approximate surface area is 200 Å². The molecule has 8 heteroatoms. The molecule has 1 aliphatic carbocycles. The first kappa shape index (κ1) is 24.0. The lowest BCUT2D eigenvalue weighted by Crippen LogP contribution is -2.49. The van der Waals surface area contributed by atoms with Gasteiger partial charge in [-0.25, -0.2) is 0 Å². The van der Waals surface area contributed by atoms with E-state index in [-0.39, 0.29) is 23.1 Å². The Balaban J connectivity index is 1.49. The predicted molar refractivity (Wildman–Crippen MR) is 130 cm³/mol. The van der Waals surface area contributed by atoms with Crippen molar-refractivity contribution in [2.24, 2.45) is 0 Å². The second-order valence-electron chi connectivity index (χ2n) is 9.08. The minimum Gasteiger partial charge on any atom is -0.497 e. The number of rotatable bonds is 7. The number of nitrogens with one attached hydrogen (secondary N) is 1. The lowest BCUT2D eigenvalue weighted by Gasteiger charge is -2.35. The first-order valence-corrected chi connectivity index (χ1v) is 12.2. The zero-order chi connectivity index (χ0) is 24.1. The van der Waals surface area contributed by atoms with Crippen molar-refractivity contribution in [1.29, 1.82) is 0 Å².